The van der Waals surface area contributed by atoms with Crippen molar-refractivity contribution < 1.29 is 18.7 Å². The molecule has 0 aliphatic rings. The molecule has 1 unspecified atom stereocenters. The van der Waals surface area contributed by atoms with E-state index in [1.54, 1.807) is 6.07 Å². The molecule has 0 radical (unpaired) electrons. The molecule has 0 amide bonds. The minimum Gasteiger partial charge on any atom is -0.479 e. The standard InChI is InChI=1S/C13H12F2N2O2/c1-13(12(18)19,17-6-2-5-16-17)8-9-3-4-10(14)7-11(9)15/h2-7H,8H2,1H3,(H,18,19). The lowest BCUT2D eigenvalue weighted by molar-refractivity contribution is -0.147. The first kappa shape index (κ1) is 13.2. The Bertz CT molecular complexity index is 599. The van der Waals surface area contributed by atoms with Gasteiger partial charge in [-0.3, -0.25) is 4.68 Å². The van der Waals surface area contributed by atoms with Crippen LogP contribution in [0, 0.1) is 11.6 Å². The number of carboxylic acid groups (broad SMARTS) is 1. The second-order valence-corrected chi connectivity index (χ2v) is 4.44. The second-order valence-electron chi connectivity index (χ2n) is 4.44. The van der Waals surface area contributed by atoms with Crippen molar-refractivity contribution in [1.82, 2.24) is 9.78 Å². The number of carboxylic acids is 1. The summed E-state index contributed by atoms with van der Waals surface area (Å²) in [4.78, 5) is 11.4. The summed E-state index contributed by atoms with van der Waals surface area (Å²) in [6, 6.07) is 4.67. The van der Waals surface area contributed by atoms with Gasteiger partial charge in [0, 0.05) is 24.9 Å². The van der Waals surface area contributed by atoms with E-state index in [2.05, 4.69) is 5.10 Å². The molecule has 1 atom stereocenters. The van der Waals surface area contributed by atoms with Crippen LogP contribution in [0.4, 0.5) is 8.78 Å². The van der Waals surface area contributed by atoms with E-state index < -0.39 is 23.1 Å². The van der Waals surface area contributed by atoms with Gasteiger partial charge in [0.05, 0.1) is 0 Å². The van der Waals surface area contributed by atoms with Crippen LogP contribution in [0.15, 0.2) is 36.7 Å². The maximum atomic E-state index is 13.6. The second kappa shape index (κ2) is 4.79. The maximum Gasteiger partial charge on any atom is 0.331 e. The molecule has 0 saturated heterocycles. The van der Waals surface area contributed by atoms with Gasteiger partial charge in [-0.05, 0) is 24.6 Å². The molecule has 1 aromatic carbocycles. The van der Waals surface area contributed by atoms with E-state index in [1.807, 2.05) is 0 Å². The molecule has 0 aliphatic carbocycles. The molecule has 0 spiro atoms. The van der Waals surface area contributed by atoms with Gasteiger partial charge in [0.1, 0.15) is 11.6 Å². The highest BCUT2D eigenvalue weighted by Gasteiger charge is 2.36. The molecule has 0 saturated carbocycles. The largest absolute Gasteiger partial charge is 0.479 e. The van der Waals surface area contributed by atoms with Crippen LogP contribution in [0.25, 0.3) is 0 Å². The van der Waals surface area contributed by atoms with E-state index in [0.29, 0.717) is 0 Å². The number of carbonyl (C=O) groups is 1. The smallest absolute Gasteiger partial charge is 0.331 e. The van der Waals surface area contributed by atoms with Gasteiger partial charge in [0.15, 0.2) is 5.54 Å². The number of halogens is 2. The third-order valence-electron chi connectivity index (χ3n) is 3.02. The first-order valence-corrected chi connectivity index (χ1v) is 5.61. The van der Waals surface area contributed by atoms with Gasteiger partial charge in [-0.2, -0.15) is 5.10 Å². The van der Waals surface area contributed by atoms with Crippen molar-refractivity contribution in [3.8, 4) is 0 Å². The summed E-state index contributed by atoms with van der Waals surface area (Å²) in [5.74, 6) is -2.60. The SMILES string of the molecule is CC(Cc1ccc(F)cc1F)(C(=O)O)n1cccn1. The minimum atomic E-state index is -1.43. The summed E-state index contributed by atoms with van der Waals surface area (Å²) in [6.45, 7) is 1.44. The molecule has 4 nitrogen and oxygen atoms in total. The van der Waals surface area contributed by atoms with Gasteiger partial charge in [-0.25, -0.2) is 13.6 Å². The Kier molecular flexibility index (Phi) is 3.33. The van der Waals surface area contributed by atoms with Crippen molar-refractivity contribution in [3.63, 3.8) is 0 Å². The first-order valence-electron chi connectivity index (χ1n) is 5.61. The van der Waals surface area contributed by atoms with E-state index in [4.69, 9.17) is 0 Å². The summed E-state index contributed by atoms with van der Waals surface area (Å²) in [5.41, 5.74) is -1.30. The predicted molar refractivity (Wildman–Crippen MR) is 63.6 cm³/mol. The minimum absolute atomic E-state index is 0.127. The van der Waals surface area contributed by atoms with Crippen molar-refractivity contribution in [2.24, 2.45) is 0 Å². The zero-order valence-electron chi connectivity index (χ0n) is 10.2. The number of hydrogen-bond acceptors (Lipinski definition) is 2. The van der Waals surface area contributed by atoms with E-state index in [1.165, 1.54) is 30.1 Å². The van der Waals surface area contributed by atoms with Gasteiger partial charge in [0.25, 0.3) is 0 Å². The van der Waals surface area contributed by atoms with Crippen molar-refractivity contribution in [2.75, 3.05) is 0 Å². The third kappa shape index (κ3) is 2.47. The molecule has 6 heteroatoms. The van der Waals surface area contributed by atoms with Gasteiger partial charge >= 0.3 is 5.97 Å². The lowest BCUT2D eigenvalue weighted by Gasteiger charge is -2.25. The normalized spacial score (nSPS) is 14.1. The number of nitrogens with zero attached hydrogens (tertiary/aromatic N) is 2. The van der Waals surface area contributed by atoms with E-state index in [0.717, 1.165) is 12.1 Å². The van der Waals surface area contributed by atoms with Crippen molar-refractivity contribution in [1.29, 1.82) is 0 Å². The number of benzene rings is 1. The van der Waals surface area contributed by atoms with Crippen LogP contribution in [0.1, 0.15) is 12.5 Å². The summed E-state index contributed by atoms with van der Waals surface area (Å²) in [5, 5.41) is 13.2. The van der Waals surface area contributed by atoms with Crippen molar-refractivity contribution >= 4 is 5.97 Å². The quantitative estimate of drug-likeness (QED) is 0.923. The van der Waals surface area contributed by atoms with Gasteiger partial charge in [0.2, 0.25) is 0 Å². The first-order chi connectivity index (χ1) is 8.93. The van der Waals surface area contributed by atoms with E-state index in [-0.39, 0.29) is 12.0 Å². The van der Waals surface area contributed by atoms with Crippen LogP contribution in [-0.2, 0) is 16.8 Å². The molecule has 0 aliphatic heterocycles. The Morgan fingerprint density at radius 2 is 2.21 bits per heavy atom. The fourth-order valence-electron chi connectivity index (χ4n) is 1.85. The molecule has 1 N–H and O–H groups in total. The molecule has 2 rings (SSSR count). The Balaban J connectivity index is 2.40. The van der Waals surface area contributed by atoms with Crippen LogP contribution in [0.5, 0.6) is 0 Å². The third-order valence-corrected chi connectivity index (χ3v) is 3.02. The van der Waals surface area contributed by atoms with Crippen LogP contribution in [-0.4, -0.2) is 20.9 Å². The van der Waals surface area contributed by atoms with Crippen molar-refractivity contribution in [2.45, 2.75) is 18.9 Å². The van der Waals surface area contributed by atoms with E-state index >= 15 is 0 Å². The summed E-state index contributed by atoms with van der Waals surface area (Å²) in [7, 11) is 0. The number of aliphatic carboxylic acids is 1. The molecule has 2 aromatic rings. The van der Waals surface area contributed by atoms with Crippen LogP contribution < -0.4 is 0 Å². The Morgan fingerprint density at radius 1 is 1.47 bits per heavy atom. The monoisotopic (exact) mass is 266 g/mol. The highest BCUT2D eigenvalue weighted by molar-refractivity contribution is 5.76. The van der Waals surface area contributed by atoms with Gasteiger partial charge in [-0.1, -0.05) is 6.07 Å². The summed E-state index contributed by atoms with van der Waals surface area (Å²) in [6.07, 6.45) is 2.81. The fourth-order valence-corrected chi connectivity index (χ4v) is 1.85. The zero-order chi connectivity index (χ0) is 14.0. The van der Waals surface area contributed by atoms with Crippen LogP contribution >= 0.6 is 0 Å². The molecular weight excluding hydrogens is 254 g/mol. The summed E-state index contributed by atoms with van der Waals surface area (Å²) < 4.78 is 27.7. The molecule has 1 heterocycles. The maximum absolute atomic E-state index is 13.6. The molecule has 100 valence electrons. The Hall–Kier alpha value is -2.24. The Morgan fingerprint density at radius 3 is 2.74 bits per heavy atom. The molecular formula is C13H12F2N2O2. The molecule has 19 heavy (non-hydrogen) atoms. The Labute approximate surface area is 108 Å². The topological polar surface area (TPSA) is 55.1 Å². The molecule has 0 fully saturated rings. The highest BCUT2D eigenvalue weighted by atomic mass is 19.1. The average molecular weight is 266 g/mol. The highest BCUT2D eigenvalue weighted by Crippen LogP contribution is 2.23. The van der Waals surface area contributed by atoms with Crippen LogP contribution in [0.2, 0.25) is 0 Å². The van der Waals surface area contributed by atoms with Gasteiger partial charge < -0.3 is 5.11 Å². The number of aromatic nitrogens is 2. The number of hydrogen-bond donors (Lipinski definition) is 1. The summed E-state index contributed by atoms with van der Waals surface area (Å²) >= 11 is 0. The lowest BCUT2D eigenvalue weighted by Crippen LogP contribution is -2.41. The average Bonchev–Trinajstić information content (AvgIpc) is 2.86. The predicted octanol–water partition coefficient (Wildman–Crippen LogP) is 2.20. The fraction of sp³-hybridized carbons (Fsp3) is 0.231. The van der Waals surface area contributed by atoms with E-state index in [9.17, 15) is 18.7 Å². The molecule has 1 aromatic heterocycles. The zero-order valence-corrected chi connectivity index (χ0v) is 10.2. The van der Waals surface area contributed by atoms with Gasteiger partial charge in [-0.15, -0.1) is 0 Å². The lowest BCUT2D eigenvalue weighted by atomic mass is 9.92. The van der Waals surface area contributed by atoms with Crippen LogP contribution in [0.3, 0.4) is 0 Å². The molecule has 0 bridgehead atoms. The number of rotatable bonds is 4. The van der Waals surface area contributed by atoms with Crippen molar-refractivity contribution in [3.05, 3.63) is 53.9 Å².